The molecule has 1 saturated heterocycles. The van der Waals surface area contributed by atoms with Crippen LogP contribution in [0.2, 0.25) is 0 Å². The van der Waals surface area contributed by atoms with Gasteiger partial charge < -0.3 is 10.2 Å². The molecular weight excluding hydrogens is 220 g/mol. The zero-order valence-electron chi connectivity index (χ0n) is 9.81. The molecule has 1 unspecified atom stereocenters. The van der Waals surface area contributed by atoms with E-state index in [9.17, 15) is 0 Å². The summed E-state index contributed by atoms with van der Waals surface area (Å²) in [4.78, 5) is 10.9. The number of hydrogen-bond donors (Lipinski definition) is 1. The summed E-state index contributed by atoms with van der Waals surface area (Å²) in [6.07, 6.45) is 4.95. The lowest BCUT2D eigenvalue weighted by Gasteiger charge is -2.17. The summed E-state index contributed by atoms with van der Waals surface area (Å²) in [7, 11) is 2.01. The van der Waals surface area contributed by atoms with Crippen molar-refractivity contribution in [2.45, 2.75) is 11.4 Å². The van der Waals surface area contributed by atoms with Gasteiger partial charge >= 0.3 is 0 Å². The number of nitrogens with one attached hydrogen (secondary N) is 1. The lowest BCUT2D eigenvalue weighted by Crippen LogP contribution is -2.24. The highest BCUT2D eigenvalue weighted by Gasteiger charge is 2.22. The summed E-state index contributed by atoms with van der Waals surface area (Å²) >= 11 is 1.66. The molecule has 1 fully saturated rings. The van der Waals surface area contributed by atoms with E-state index < -0.39 is 0 Å². The first-order valence-corrected chi connectivity index (χ1v) is 6.81. The van der Waals surface area contributed by atoms with Gasteiger partial charge in [0.2, 0.25) is 0 Å². The van der Waals surface area contributed by atoms with Gasteiger partial charge in [0.05, 0.1) is 0 Å². The Hall–Kier alpha value is -0.810. The van der Waals surface area contributed by atoms with Crippen LogP contribution in [0.4, 0.5) is 5.82 Å². The summed E-state index contributed by atoms with van der Waals surface area (Å²) in [5, 5.41) is 4.28. The van der Waals surface area contributed by atoms with Crippen molar-refractivity contribution >= 4 is 17.6 Å². The molecule has 88 valence electrons. The molecule has 0 amide bonds. The van der Waals surface area contributed by atoms with Gasteiger partial charge in [0.25, 0.3) is 0 Å². The van der Waals surface area contributed by atoms with Crippen molar-refractivity contribution in [2.75, 3.05) is 37.8 Å². The second kappa shape index (κ2) is 5.50. The van der Waals surface area contributed by atoms with Crippen LogP contribution in [0, 0.1) is 5.92 Å². The summed E-state index contributed by atoms with van der Waals surface area (Å²) in [5.74, 6) is 1.82. The molecule has 1 atom stereocenters. The molecule has 0 spiro atoms. The smallest absolute Gasteiger partial charge is 0.133 e. The predicted molar refractivity (Wildman–Crippen MR) is 68.1 cm³/mol. The SMILES string of the molecule is CNCC1CCN(c2cc(SC)ncn2)C1. The van der Waals surface area contributed by atoms with Crippen molar-refractivity contribution in [1.82, 2.24) is 15.3 Å². The molecule has 1 aromatic rings. The van der Waals surface area contributed by atoms with Crippen molar-refractivity contribution in [3.8, 4) is 0 Å². The first-order valence-electron chi connectivity index (χ1n) is 5.59. The first-order chi connectivity index (χ1) is 7.83. The molecule has 1 aliphatic rings. The third kappa shape index (κ3) is 2.65. The van der Waals surface area contributed by atoms with Crippen LogP contribution in [0.15, 0.2) is 17.4 Å². The Morgan fingerprint density at radius 2 is 2.44 bits per heavy atom. The van der Waals surface area contributed by atoms with Crippen LogP contribution in [-0.2, 0) is 0 Å². The minimum Gasteiger partial charge on any atom is -0.356 e. The standard InChI is InChI=1S/C11H18N4S/c1-12-6-9-3-4-15(7-9)10-5-11(16-2)14-8-13-10/h5,8-9,12H,3-4,6-7H2,1-2H3. The molecule has 0 bridgehead atoms. The number of thioether (sulfide) groups is 1. The van der Waals surface area contributed by atoms with Crippen molar-refractivity contribution < 1.29 is 0 Å². The van der Waals surface area contributed by atoms with E-state index in [0.717, 1.165) is 36.4 Å². The molecule has 1 aromatic heterocycles. The van der Waals surface area contributed by atoms with E-state index in [0.29, 0.717) is 0 Å². The Bertz CT molecular complexity index is 345. The van der Waals surface area contributed by atoms with E-state index in [2.05, 4.69) is 26.3 Å². The molecule has 0 aromatic carbocycles. The molecule has 2 heterocycles. The van der Waals surface area contributed by atoms with E-state index in [4.69, 9.17) is 0 Å². The van der Waals surface area contributed by atoms with Crippen LogP contribution in [0.3, 0.4) is 0 Å². The number of hydrogen-bond acceptors (Lipinski definition) is 5. The summed E-state index contributed by atoms with van der Waals surface area (Å²) < 4.78 is 0. The number of rotatable bonds is 4. The zero-order chi connectivity index (χ0) is 11.4. The second-order valence-electron chi connectivity index (χ2n) is 4.08. The monoisotopic (exact) mass is 238 g/mol. The normalized spacial score (nSPS) is 20.4. The number of nitrogens with zero attached hydrogens (tertiary/aromatic N) is 3. The maximum atomic E-state index is 4.34. The maximum Gasteiger partial charge on any atom is 0.133 e. The Kier molecular flexibility index (Phi) is 4.01. The summed E-state index contributed by atoms with van der Waals surface area (Å²) in [6.45, 7) is 3.31. The fourth-order valence-corrected chi connectivity index (χ4v) is 2.49. The fraction of sp³-hybridized carbons (Fsp3) is 0.636. The largest absolute Gasteiger partial charge is 0.356 e. The lowest BCUT2D eigenvalue weighted by atomic mass is 10.1. The topological polar surface area (TPSA) is 41.0 Å². The van der Waals surface area contributed by atoms with Crippen molar-refractivity contribution in [1.29, 1.82) is 0 Å². The quantitative estimate of drug-likeness (QED) is 0.631. The van der Waals surface area contributed by atoms with Crippen LogP contribution in [0.1, 0.15) is 6.42 Å². The van der Waals surface area contributed by atoms with E-state index >= 15 is 0 Å². The Morgan fingerprint density at radius 1 is 1.56 bits per heavy atom. The van der Waals surface area contributed by atoms with E-state index in [1.165, 1.54) is 6.42 Å². The minimum atomic E-state index is 0.748. The fourth-order valence-electron chi connectivity index (χ4n) is 2.11. The molecule has 1 aliphatic heterocycles. The van der Waals surface area contributed by atoms with Gasteiger partial charge in [-0.3, -0.25) is 0 Å². The number of anilines is 1. The van der Waals surface area contributed by atoms with E-state index in [-0.39, 0.29) is 0 Å². The molecule has 2 rings (SSSR count). The van der Waals surface area contributed by atoms with Crippen LogP contribution >= 0.6 is 11.8 Å². The van der Waals surface area contributed by atoms with Crippen LogP contribution < -0.4 is 10.2 Å². The van der Waals surface area contributed by atoms with Gasteiger partial charge in [-0.05, 0) is 32.2 Å². The van der Waals surface area contributed by atoms with Gasteiger partial charge in [-0.1, -0.05) is 0 Å². The Morgan fingerprint density at radius 3 is 3.19 bits per heavy atom. The second-order valence-corrected chi connectivity index (χ2v) is 4.90. The highest BCUT2D eigenvalue weighted by Crippen LogP contribution is 2.23. The molecule has 0 radical (unpaired) electrons. The predicted octanol–water partition coefficient (Wildman–Crippen LogP) is 1.24. The van der Waals surface area contributed by atoms with Gasteiger partial charge in [0.15, 0.2) is 0 Å². The first kappa shape index (κ1) is 11.7. The van der Waals surface area contributed by atoms with Gasteiger partial charge in [-0.2, -0.15) is 0 Å². The molecule has 1 N–H and O–H groups in total. The molecule has 16 heavy (non-hydrogen) atoms. The molecule has 4 nitrogen and oxygen atoms in total. The van der Waals surface area contributed by atoms with E-state index in [1.54, 1.807) is 18.1 Å². The van der Waals surface area contributed by atoms with Crippen LogP contribution in [0.5, 0.6) is 0 Å². The summed E-state index contributed by atoms with van der Waals surface area (Å²) in [5.41, 5.74) is 0. The average Bonchev–Trinajstić information content (AvgIpc) is 2.78. The van der Waals surface area contributed by atoms with E-state index in [1.807, 2.05) is 13.3 Å². The third-order valence-corrected chi connectivity index (χ3v) is 3.58. The Labute approximate surface area is 101 Å². The Balaban J connectivity index is 2.02. The highest BCUT2D eigenvalue weighted by atomic mass is 32.2. The lowest BCUT2D eigenvalue weighted by molar-refractivity contribution is 0.549. The van der Waals surface area contributed by atoms with Gasteiger partial charge in [-0.25, -0.2) is 9.97 Å². The molecule has 0 saturated carbocycles. The maximum absolute atomic E-state index is 4.34. The third-order valence-electron chi connectivity index (χ3n) is 2.94. The molecule has 5 heteroatoms. The molecule has 0 aliphatic carbocycles. The minimum absolute atomic E-state index is 0.748. The van der Waals surface area contributed by atoms with Crippen molar-refractivity contribution in [3.05, 3.63) is 12.4 Å². The molecular formula is C11H18N4S. The van der Waals surface area contributed by atoms with Crippen LogP contribution in [0.25, 0.3) is 0 Å². The van der Waals surface area contributed by atoms with Gasteiger partial charge in [0, 0.05) is 19.2 Å². The number of aromatic nitrogens is 2. The zero-order valence-corrected chi connectivity index (χ0v) is 10.6. The summed E-state index contributed by atoms with van der Waals surface area (Å²) in [6, 6.07) is 2.08. The van der Waals surface area contributed by atoms with Gasteiger partial charge in [-0.15, -0.1) is 11.8 Å². The average molecular weight is 238 g/mol. The van der Waals surface area contributed by atoms with Crippen molar-refractivity contribution in [3.63, 3.8) is 0 Å². The van der Waals surface area contributed by atoms with Crippen molar-refractivity contribution in [2.24, 2.45) is 5.92 Å². The van der Waals surface area contributed by atoms with Crippen LogP contribution in [-0.4, -0.2) is 42.9 Å². The highest BCUT2D eigenvalue weighted by molar-refractivity contribution is 7.98. The van der Waals surface area contributed by atoms with Gasteiger partial charge in [0.1, 0.15) is 17.2 Å².